The van der Waals surface area contributed by atoms with Gasteiger partial charge in [-0.1, -0.05) is 13.8 Å². The van der Waals surface area contributed by atoms with Gasteiger partial charge in [0.1, 0.15) is 0 Å². The quantitative estimate of drug-likeness (QED) is 0.752. The molecule has 6 nitrogen and oxygen atoms in total. The minimum absolute atomic E-state index is 0.220. The summed E-state index contributed by atoms with van der Waals surface area (Å²) in [6, 6.07) is 6.05. The molecule has 0 fully saturated rings. The van der Waals surface area contributed by atoms with Crippen LogP contribution in [-0.4, -0.2) is 27.5 Å². The van der Waals surface area contributed by atoms with Gasteiger partial charge in [-0.2, -0.15) is 13.1 Å². The molecule has 0 atom stereocenters. The van der Waals surface area contributed by atoms with Crippen molar-refractivity contribution in [3.8, 4) is 0 Å². The molecule has 0 heterocycles. The number of esters is 1. The minimum atomic E-state index is -3.59. The average Bonchev–Trinajstić information content (AvgIpc) is 2.37. The number of ether oxygens (including phenoxy) is 1. The zero-order valence-corrected chi connectivity index (χ0v) is 12.7. The van der Waals surface area contributed by atoms with Gasteiger partial charge in [0.25, 0.3) is 10.2 Å². The Morgan fingerprint density at radius 1 is 1.25 bits per heavy atom. The van der Waals surface area contributed by atoms with E-state index in [4.69, 9.17) is 4.74 Å². The van der Waals surface area contributed by atoms with Crippen LogP contribution in [0.2, 0.25) is 0 Å². The number of carbonyl (C=O) groups is 1. The number of hydrogen-bond acceptors (Lipinski definition) is 4. The van der Waals surface area contributed by atoms with Gasteiger partial charge >= 0.3 is 5.97 Å². The summed E-state index contributed by atoms with van der Waals surface area (Å²) in [6.07, 6.45) is 0. The van der Waals surface area contributed by atoms with Crippen molar-refractivity contribution in [3.63, 3.8) is 0 Å². The second-order valence-corrected chi connectivity index (χ2v) is 6.15. The van der Waals surface area contributed by atoms with Gasteiger partial charge in [0.05, 0.1) is 12.2 Å². The molecule has 0 saturated heterocycles. The van der Waals surface area contributed by atoms with Crippen molar-refractivity contribution >= 4 is 21.9 Å². The SMILES string of the molecule is CCOC(=O)c1ccc(NS(=O)(=O)NCC(C)C)cc1. The molecule has 1 aromatic carbocycles. The van der Waals surface area contributed by atoms with E-state index in [1.165, 1.54) is 24.3 Å². The zero-order chi connectivity index (χ0) is 15.2. The number of anilines is 1. The number of rotatable bonds is 7. The summed E-state index contributed by atoms with van der Waals surface area (Å²) < 4.78 is 33.1. The van der Waals surface area contributed by atoms with Crippen LogP contribution in [0.3, 0.4) is 0 Å². The molecule has 0 amide bonds. The van der Waals surface area contributed by atoms with Gasteiger partial charge in [0.2, 0.25) is 0 Å². The first-order valence-electron chi connectivity index (χ1n) is 6.38. The molecule has 0 spiro atoms. The summed E-state index contributed by atoms with van der Waals surface area (Å²) in [5, 5.41) is 0. The van der Waals surface area contributed by atoms with Crippen molar-refractivity contribution in [1.29, 1.82) is 0 Å². The highest BCUT2D eigenvalue weighted by molar-refractivity contribution is 7.90. The molecule has 1 rings (SSSR count). The molecule has 0 aliphatic heterocycles. The minimum Gasteiger partial charge on any atom is -0.462 e. The standard InChI is InChI=1S/C13H20N2O4S/c1-4-19-13(16)11-5-7-12(8-6-11)15-20(17,18)14-9-10(2)3/h5-8,10,14-15H,4,9H2,1-3H3. The van der Waals surface area contributed by atoms with Crippen LogP contribution in [0.15, 0.2) is 24.3 Å². The van der Waals surface area contributed by atoms with E-state index < -0.39 is 16.2 Å². The van der Waals surface area contributed by atoms with Crippen molar-refractivity contribution in [1.82, 2.24) is 4.72 Å². The molecule has 0 unspecified atom stereocenters. The van der Waals surface area contributed by atoms with Gasteiger partial charge in [-0.15, -0.1) is 0 Å². The molecule has 7 heteroatoms. The summed E-state index contributed by atoms with van der Waals surface area (Å²) >= 11 is 0. The molecule has 0 saturated carbocycles. The smallest absolute Gasteiger partial charge is 0.338 e. The first kappa shape index (κ1) is 16.5. The van der Waals surface area contributed by atoms with Crippen molar-refractivity contribution in [3.05, 3.63) is 29.8 Å². The fraction of sp³-hybridized carbons (Fsp3) is 0.462. The van der Waals surface area contributed by atoms with E-state index in [1.807, 2.05) is 13.8 Å². The van der Waals surface area contributed by atoms with Crippen LogP contribution in [0.25, 0.3) is 0 Å². The topological polar surface area (TPSA) is 84.5 Å². The molecule has 0 aromatic heterocycles. The van der Waals surface area contributed by atoms with Gasteiger partial charge in [-0.25, -0.2) is 4.79 Å². The third-order valence-electron chi connectivity index (χ3n) is 2.33. The summed E-state index contributed by atoms with van der Waals surface area (Å²) in [6.45, 7) is 6.21. The Morgan fingerprint density at radius 3 is 2.35 bits per heavy atom. The fourth-order valence-corrected chi connectivity index (χ4v) is 2.43. The largest absolute Gasteiger partial charge is 0.462 e. The first-order valence-corrected chi connectivity index (χ1v) is 7.87. The number of hydrogen-bond donors (Lipinski definition) is 2. The van der Waals surface area contributed by atoms with Crippen LogP contribution in [0, 0.1) is 5.92 Å². The lowest BCUT2D eigenvalue weighted by Crippen LogP contribution is -2.32. The lowest BCUT2D eigenvalue weighted by molar-refractivity contribution is 0.0526. The van der Waals surface area contributed by atoms with E-state index in [9.17, 15) is 13.2 Å². The fourth-order valence-electron chi connectivity index (χ4n) is 1.36. The van der Waals surface area contributed by atoms with E-state index in [0.717, 1.165) is 0 Å². The lowest BCUT2D eigenvalue weighted by Gasteiger charge is -2.11. The summed E-state index contributed by atoms with van der Waals surface area (Å²) in [5.74, 6) is -0.211. The number of nitrogens with one attached hydrogen (secondary N) is 2. The molecule has 0 bridgehead atoms. The highest BCUT2D eigenvalue weighted by Gasteiger charge is 2.11. The summed E-state index contributed by atoms with van der Waals surface area (Å²) in [4.78, 5) is 11.4. The average molecular weight is 300 g/mol. The van der Waals surface area contributed by atoms with Crippen molar-refractivity contribution < 1.29 is 17.9 Å². The Morgan fingerprint density at radius 2 is 1.85 bits per heavy atom. The molecule has 2 N–H and O–H groups in total. The van der Waals surface area contributed by atoms with Crippen molar-refractivity contribution in [2.24, 2.45) is 5.92 Å². The van der Waals surface area contributed by atoms with E-state index in [0.29, 0.717) is 24.4 Å². The van der Waals surface area contributed by atoms with E-state index in [2.05, 4.69) is 9.44 Å². The van der Waals surface area contributed by atoms with Gasteiger partial charge in [-0.3, -0.25) is 4.72 Å². The third-order valence-corrected chi connectivity index (χ3v) is 3.38. The predicted molar refractivity (Wildman–Crippen MR) is 77.8 cm³/mol. The van der Waals surface area contributed by atoms with E-state index in [1.54, 1.807) is 6.92 Å². The van der Waals surface area contributed by atoms with Crippen LogP contribution in [0.1, 0.15) is 31.1 Å². The number of benzene rings is 1. The Bertz CT molecular complexity index is 538. The normalized spacial score (nSPS) is 11.4. The van der Waals surface area contributed by atoms with E-state index in [-0.39, 0.29) is 5.92 Å². The van der Waals surface area contributed by atoms with Gasteiger partial charge in [0, 0.05) is 12.2 Å². The molecule has 0 radical (unpaired) electrons. The Hall–Kier alpha value is -1.60. The van der Waals surface area contributed by atoms with Gasteiger partial charge in [0.15, 0.2) is 0 Å². The van der Waals surface area contributed by atoms with Crippen LogP contribution in [-0.2, 0) is 14.9 Å². The molecule has 0 aliphatic rings. The van der Waals surface area contributed by atoms with Crippen LogP contribution >= 0.6 is 0 Å². The van der Waals surface area contributed by atoms with Crippen LogP contribution in [0.4, 0.5) is 5.69 Å². The summed E-state index contributed by atoms with van der Waals surface area (Å²) in [7, 11) is -3.59. The van der Waals surface area contributed by atoms with Gasteiger partial charge in [-0.05, 0) is 37.1 Å². The first-order chi connectivity index (χ1) is 9.34. The predicted octanol–water partition coefficient (Wildman–Crippen LogP) is 1.77. The Labute approximate surface area is 119 Å². The monoisotopic (exact) mass is 300 g/mol. The molecule has 0 aliphatic carbocycles. The summed E-state index contributed by atoms with van der Waals surface area (Å²) in [5.41, 5.74) is 0.763. The lowest BCUT2D eigenvalue weighted by atomic mass is 10.2. The van der Waals surface area contributed by atoms with Crippen molar-refractivity contribution in [2.75, 3.05) is 17.9 Å². The Balaban J connectivity index is 2.67. The van der Waals surface area contributed by atoms with Gasteiger partial charge < -0.3 is 4.74 Å². The van der Waals surface area contributed by atoms with Crippen molar-refractivity contribution in [2.45, 2.75) is 20.8 Å². The highest BCUT2D eigenvalue weighted by atomic mass is 32.2. The zero-order valence-electron chi connectivity index (χ0n) is 11.8. The third kappa shape index (κ3) is 5.58. The number of carbonyl (C=O) groups excluding carboxylic acids is 1. The van der Waals surface area contributed by atoms with Crippen LogP contribution < -0.4 is 9.44 Å². The van der Waals surface area contributed by atoms with Crippen LogP contribution in [0.5, 0.6) is 0 Å². The maximum Gasteiger partial charge on any atom is 0.338 e. The molecule has 1 aromatic rings. The molecular weight excluding hydrogens is 280 g/mol. The highest BCUT2D eigenvalue weighted by Crippen LogP contribution is 2.11. The second-order valence-electron chi connectivity index (χ2n) is 4.65. The molecule has 20 heavy (non-hydrogen) atoms. The second kappa shape index (κ2) is 7.25. The van der Waals surface area contributed by atoms with E-state index >= 15 is 0 Å². The maximum absolute atomic E-state index is 11.7. The Kier molecular flexibility index (Phi) is 5.97. The maximum atomic E-state index is 11.7. The molecule has 112 valence electrons. The molecular formula is C13H20N2O4S.